The van der Waals surface area contributed by atoms with Crippen LogP contribution in [0.2, 0.25) is 0 Å². The molecule has 0 radical (unpaired) electrons. The molecule has 4 rings (SSSR count). The molecule has 0 saturated heterocycles. The maximum atomic E-state index is 13.1. The van der Waals surface area contributed by atoms with Crippen LogP contribution < -0.4 is 11.5 Å². The Bertz CT molecular complexity index is 1040. The van der Waals surface area contributed by atoms with Gasteiger partial charge >= 0.3 is 0 Å². The molecule has 1 atom stereocenters. The maximum absolute atomic E-state index is 13.1. The number of carbonyl (C=O) groups is 2. The predicted octanol–water partition coefficient (Wildman–Crippen LogP) is 1.99. The highest BCUT2D eigenvalue weighted by Crippen LogP contribution is 2.36. The highest BCUT2D eigenvalue weighted by atomic mass is 16.2. The quantitative estimate of drug-likeness (QED) is 0.688. The third-order valence-corrected chi connectivity index (χ3v) is 5.27. The third kappa shape index (κ3) is 2.34. The number of para-hydroxylation sites is 1. The van der Waals surface area contributed by atoms with Crippen LogP contribution in [0.15, 0.2) is 36.4 Å². The zero-order chi connectivity index (χ0) is 18.4. The van der Waals surface area contributed by atoms with Crippen molar-refractivity contribution in [3.05, 3.63) is 47.5 Å². The van der Waals surface area contributed by atoms with Crippen LogP contribution in [0.25, 0.3) is 21.8 Å². The summed E-state index contributed by atoms with van der Waals surface area (Å²) in [5.41, 5.74) is 14.5. The molecule has 0 bridgehead atoms. The molecule has 6 nitrogen and oxygen atoms in total. The molecule has 2 amide bonds. The lowest BCUT2D eigenvalue weighted by atomic mass is 10.0. The first kappa shape index (κ1) is 16.8. The van der Waals surface area contributed by atoms with E-state index in [1.807, 2.05) is 37.4 Å². The fourth-order valence-electron chi connectivity index (χ4n) is 3.88. The van der Waals surface area contributed by atoms with Crippen LogP contribution in [-0.2, 0) is 7.05 Å². The number of fused-ring (bicyclic) bond motifs is 5. The SMILES string of the molecule is Cn1c2ccccc2c2c3c(ccc21)C(=O)N(CCC(N)CCN)C3=O. The second-order valence-electron chi connectivity index (χ2n) is 6.85. The summed E-state index contributed by atoms with van der Waals surface area (Å²) in [6.45, 7) is 0.819. The van der Waals surface area contributed by atoms with E-state index < -0.39 is 0 Å². The van der Waals surface area contributed by atoms with Gasteiger partial charge in [-0.15, -0.1) is 0 Å². The Labute approximate surface area is 151 Å². The highest BCUT2D eigenvalue weighted by Gasteiger charge is 2.37. The van der Waals surface area contributed by atoms with Gasteiger partial charge in [-0.3, -0.25) is 14.5 Å². The van der Waals surface area contributed by atoms with E-state index in [4.69, 9.17) is 11.5 Å². The Morgan fingerprint density at radius 1 is 1.00 bits per heavy atom. The number of aromatic nitrogens is 1. The number of nitrogens with two attached hydrogens (primary N) is 2. The van der Waals surface area contributed by atoms with E-state index in [0.29, 0.717) is 37.1 Å². The molecule has 0 saturated carbocycles. The number of hydrogen-bond donors (Lipinski definition) is 2. The molecule has 3 aromatic rings. The van der Waals surface area contributed by atoms with Crippen molar-refractivity contribution in [1.29, 1.82) is 0 Å². The number of benzene rings is 2. The van der Waals surface area contributed by atoms with Crippen LogP contribution in [0, 0.1) is 0 Å². The normalized spacial score (nSPS) is 15.3. The minimum Gasteiger partial charge on any atom is -0.344 e. The number of imide groups is 1. The summed E-state index contributed by atoms with van der Waals surface area (Å²) in [6.07, 6.45) is 1.23. The third-order valence-electron chi connectivity index (χ3n) is 5.27. The lowest BCUT2D eigenvalue weighted by Crippen LogP contribution is -2.35. The summed E-state index contributed by atoms with van der Waals surface area (Å²) in [6, 6.07) is 11.5. The average molecular weight is 350 g/mol. The van der Waals surface area contributed by atoms with Crippen molar-refractivity contribution in [2.45, 2.75) is 18.9 Å². The van der Waals surface area contributed by atoms with Crippen molar-refractivity contribution in [1.82, 2.24) is 9.47 Å². The first-order valence-electron chi connectivity index (χ1n) is 8.86. The van der Waals surface area contributed by atoms with Crippen LogP contribution in [0.4, 0.5) is 0 Å². The van der Waals surface area contributed by atoms with E-state index in [0.717, 1.165) is 21.8 Å². The van der Waals surface area contributed by atoms with Gasteiger partial charge in [0.2, 0.25) is 0 Å². The van der Waals surface area contributed by atoms with E-state index in [2.05, 4.69) is 4.57 Å². The number of hydrogen-bond acceptors (Lipinski definition) is 4. The van der Waals surface area contributed by atoms with Crippen molar-refractivity contribution in [3.63, 3.8) is 0 Å². The van der Waals surface area contributed by atoms with Gasteiger partial charge in [0.1, 0.15) is 0 Å². The number of nitrogens with zero attached hydrogens (tertiary/aromatic N) is 2. The summed E-state index contributed by atoms with van der Waals surface area (Å²) in [5, 5.41) is 1.84. The molecule has 2 aromatic carbocycles. The van der Waals surface area contributed by atoms with Gasteiger partial charge in [0.15, 0.2) is 0 Å². The van der Waals surface area contributed by atoms with Gasteiger partial charge in [0, 0.05) is 41.4 Å². The first-order chi connectivity index (χ1) is 12.5. The van der Waals surface area contributed by atoms with Gasteiger partial charge in [-0.25, -0.2) is 0 Å². The fourth-order valence-corrected chi connectivity index (χ4v) is 3.88. The summed E-state index contributed by atoms with van der Waals surface area (Å²) in [5.74, 6) is -0.466. The molecular formula is C20H22N4O2. The highest BCUT2D eigenvalue weighted by molar-refractivity contribution is 6.30. The molecule has 6 heteroatoms. The van der Waals surface area contributed by atoms with E-state index in [1.165, 1.54) is 4.90 Å². The molecule has 1 aliphatic heterocycles. The van der Waals surface area contributed by atoms with Crippen LogP contribution in [0.3, 0.4) is 0 Å². The van der Waals surface area contributed by atoms with Crippen molar-refractivity contribution in [3.8, 4) is 0 Å². The van der Waals surface area contributed by atoms with Crippen LogP contribution in [-0.4, -0.2) is 40.4 Å². The zero-order valence-corrected chi connectivity index (χ0v) is 14.7. The molecule has 1 unspecified atom stereocenters. The Morgan fingerprint density at radius 3 is 2.54 bits per heavy atom. The molecular weight excluding hydrogens is 328 g/mol. The minimum absolute atomic E-state index is 0.109. The minimum atomic E-state index is -0.236. The summed E-state index contributed by atoms with van der Waals surface area (Å²) < 4.78 is 2.06. The van der Waals surface area contributed by atoms with E-state index in [-0.39, 0.29) is 17.9 Å². The largest absolute Gasteiger partial charge is 0.344 e. The van der Waals surface area contributed by atoms with Gasteiger partial charge in [-0.2, -0.15) is 0 Å². The number of aryl methyl sites for hydroxylation is 1. The molecule has 4 N–H and O–H groups in total. The molecule has 0 aliphatic carbocycles. The maximum Gasteiger partial charge on any atom is 0.262 e. The standard InChI is InChI=1S/C20H22N4O2/c1-23-15-5-3-2-4-13(15)17-16(23)7-6-14-18(17)20(26)24(19(14)25)11-9-12(22)8-10-21/h2-7,12H,8-11,21-22H2,1H3. The monoisotopic (exact) mass is 350 g/mol. The Hall–Kier alpha value is -2.70. The zero-order valence-electron chi connectivity index (χ0n) is 14.7. The summed E-state index contributed by atoms with van der Waals surface area (Å²) >= 11 is 0. The van der Waals surface area contributed by atoms with E-state index in [1.54, 1.807) is 6.07 Å². The van der Waals surface area contributed by atoms with Crippen LogP contribution >= 0.6 is 0 Å². The van der Waals surface area contributed by atoms with Crippen molar-refractivity contribution in [2.75, 3.05) is 13.1 Å². The lowest BCUT2D eigenvalue weighted by molar-refractivity contribution is 0.0650. The number of carbonyl (C=O) groups excluding carboxylic acids is 2. The molecule has 0 fully saturated rings. The molecule has 26 heavy (non-hydrogen) atoms. The topological polar surface area (TPSA) is 94.3 Å². The van der Waals surface area contributed by atoms with Crippen LogP contribution in [0.5, 0.6) is 0 Å². The second-order valence-corrected chi connectivity index (χ2v) is 6.85. The fraction of sp³-hybridized carbons (Fsp3) is 0.300. The lowest BCUT2D eigenvalue weighted by Gasteiger charge is -2.16. The van der Waals surface area contributed by atoms with Crippen LogP contribution in [0.1, 0.15) is 33.6 Å². The summed E-state index contributed by atoms with van der Waals surface area (Å²) in [7, 11) is 1.97. The van der Waals surface area contributed by atoms with Crippen molar-refractivity contribution >= 4 is 33.6 Å². The average Bonchev–Trinajstić information content (AvgIpc) is 3.06. The molecule has 0 spiro atoms. The first-order valence-corrected chi connectivity index (χ1v) is 8.86. The van der Waals surface area contributed by atoms with Crippen molar-refractivity contribution in [2.24, 2.45) is 18.5 Å². The Kier molecular flexibility index (Phi) is 4.01. The van der Waals surface area contributed by atoms with Gasteiger partial charge in [0.25, 0.3) is 11.8 Å². The molecule has 134 valence electrons. The Morgan fingerprint density at radius 2 is 1.77 bits per heavy atom. The van der Waals surface area contributed by atoms with Crippen molar-refractivity contribution < 1.29 is 9.59 Å². The number of amides is 2. The Balaban J connectivity index is 1.81. The molecule has 1 aromatic heterocycles. The van der Waals surface area contributed by atoms with E-state index in [9.17, 15) is 9.59 Å². The number of rotatable bonds is 5. The van der Waals surface area contributed by atoms with Gasteiger partial charge < -0.3 is 16.0 Å². The predicted molar refractivity (Wildman–Crippen MR) is 102 cm³/mol. The van der Waals surface area contributed by atoms with Gasteiger partial charge in [0.05, 0.1) is 11.1 Å². The molecule has 2 heterocycles. The smallest absolute Gasteiger partial charge is 0.262 e. The van der Waals surface area contributed by atoms with Gasteiger partial charge in [-0.05, 0) is 37.6 Å². The summed E-state index contributed by atoms with van der Waals surface area (Å²) in [4.78, 5) is 27.2. The second kappa shape index (κ2) is 6.23. The van der Waals surface area contributed by atoms with Gasteiger partial charge in [-0.1, -0.05) is 18.2 Å². The molecule has 1 aliphatic rings. The van der Waals surface area contributed by atoms with E-state index >= 15 is 0 Å².